The fourth-order valence-electron chi connectivity index (χ4n) is 10.7. The van der Waals surface area contributed by atoms with E-state index in [1.54, 1.807) is 0 Å². The quantitative estimate of drug-likeness (QED) is 0.182. The van der Waals surface area contributed by atoms with Crippen LogP contribution in [-0.4, -0.2) is 22.6 Å². The molecule has 0 saturated heterocycles. The van der Waals surface area contributed by atoms with Crippen LogP contribution in [-0.2, 0) is 0 Å². The van der Waals surface area contributed by atoms with Crippen LogP contribution in [0.5, 0.6) is 46.0 Å². The molecule has 0 amide bonds. The van der Waals surface area contributed by atoms with Crippen LogP contribution in [0.25, 0.3) is 55.0 Å². The van der Waals surface area contributed by atoms with Crippen LogP contribution in [0.2, 0.25) is 0 Å². The van der Waals surface area contributed by atoms with Crippen molar-refractivity contribution in [2.24, 2.45) is 0 Å². The minimum Gasteiger partial charge on any atom is -0.458 e. The predicted octanol–water partition coefficient (Wildman–Crippen LogP) is 6.27. The van der Waals surface area contributed by atoms with E-state index in [1.807, 2.05) is 0 Å². The Bertz CT molecular complexity index is 3090. The van der Waals surface area contributed by atoms with Crippen molar-refractivity contribution in [2.45, 2.75) is 6.92 Å². The summed E-state index contributed by atoms with van der Waals surface area (Å²) < 4.78 is 32.2. The molecule has 6 aliphatic rings. The van der Waals surface area contributed by atoms with Gasteiger partial charge in [-0.1, -0.05) is 66.7 Å². The first-order valence-electron chi connectivity index (χ1n) is 17.6. The molecule has 0 aliphatic carbocycles. The average molecular weight is 650 g/mol. The van der Waals surface area contributed by atoms with Gasteiger partial charge in [-0.25, -0.2) is 0 Å². The monoisotopic (exact) mass is 650 g/mol. The summed E-state index contributed by atoms with van der Waals surface area (Å²) in [6.07, 6.45) is 0. The predicted molar refractivity (Wildman–Crippen MR) is 202 cm³/mol. The molecule has 0 spiro atoms. The lowest BCUT2D eigenvalue weighted by Crippen LogP contribution is -2.62. The highest BCUT2D eigenvalue weighted by atomic mass is 16.5. The Kier molecular flexibility index (Phi) is 3.67. The minimum absolute atomic E-state index is 0.0452. The Morgan fingerprint density at radius 2 is 0.843 bits per heavy atom. The van der Waals surface area contributed by atoms with Gasteiger partial charge in [0.15, 0.2) is 23.0 Å². The number of aromatic nitrogens is 2. The second-order valence-electron chi connectivity index (χ2n) is 14.7. The third-order valence-corrected chi connectivity index (χ3v) is 12.5. The lowest BCUT2D eigenvalue weighted by Gasteiger charge is -2.39. The molecule has 9 aromatic rings. The van der Waals surface area contributed by atoms with E-state index in [0.29, 0.717) is 0 Å². The molecule has 8 heterocycles. The van der Waals surface area contributed by atoms with E-state index in [2.05, 4.69) is 119 Å². The molecular weight excluding hydrogens is 630 g/mol. The van der Waals surface area contributed by atoms with Crippen molar-refractivity contribution in [3.05, 3.63) is 109 Å². The summed E-state index contributed by atoms with van der Waals surface area (Å²) in [6, 6.07) is 37.0. The van der Waals surface area contributed by atoms with E-state index < -0.39 is 0 Å². The largest absolute Gasteiger partial charge is 0.458 e. The van der Waals surface area contributed by atoms with Gasteiger partial charge in [-0.15, -0.1) is 0 Å². The second kappa shape index (κ2) is 7.62. The minimum atomic E-state index is -0.0452. The van der Waals surface area contributed by atoms with Crippen molar-refractivity contribution in [3.8, 4) is 57.4 Å². The summed E-state index contributed by atoms with van der Waals surface area (Å²) in [6.45, 7) is 2.07. The number of ether oxygens (including phenoxy) is 4. The molecule has 51 heavy (non-hydrogen) atoms. The molecule has 7 aromatic carbocycles. The van der Waals surface area contributed by atoms with E-state index in [9.17, 15) is 0 Å². The summed E-state index contributed by atoms with van der Waals surface area (Å²) in [7, 11) is 0. The Hall–Kier alpha value is -6.53. The van der Waals surface area contributed by atoms with Gasteiger partial charge >= 0.3 is 0 Å². The van der Waals surface area contributed by atoms with Crippen LogP contribution in [0, 0.1) is 6.92 Å². The average Bonchev–Trinajstić information content (AvgIpc) is 3.70. The zero-order valence-electron chi connectivity index (χ0n) is 27.0. The van der Waals surface area contributed by atoms with Crippen molar-refractivity contribution < 1.29 is 18.9 Å². The first-order valence-corrected chi connectivity index (χ1v) is 17.6. The second-order valence-corrected chi connectivity index (χ2v) is 14.7. The van der Waals surface area contributed by atoms with Gasteiger partial charge in [0.1, 0.15) is 23.0 Å². The fraction of sp³-hybridized carbons (Fsp3) is 0.0233. The zero-order chi connectivity index (χ0) is 32.6. The molecule has 15 rings (SSSR count). The number of fused-ring (bicyclic) bond motifs is 8. The van der Waals surface area contributed by atoms with E-state index in [-0.39, 0.29) is 13.4 Å². The molecule has 0 N–H and O–H groups in total. The molecule has 0 saturated carbocycles. The smallest absolute Gasteiger partial charge is 0.256 e. The first kappa shape index (κ1) is 24.6. The van der Waals surface area contributed by atoms with Gasteiger partial charge < -0.3 is 28.1 Å². The number of benzene rings is 7. The molecular formula is C43H20B2N2O4. The molecule has 232 valence electrons. The highest BCUT2D eigenvalue weighted by molar-refractivity contribution is 7.02. The maximum atomic E-state index is 7.00. The van der Waals surface area contributed by atoms with Crippen molar-refractivity contribution in [1.82, 2.24) is 9.13 Å². The molecule has 0 bridgehead atoms. The summed E-state index contributed by atoms with van der Waals surface area (Å²) in [4.78, 5) is 0. The van der Waals surface area contributed by atoms with Gasteiger partial charge in [0, 0.05) is 49.1 Å². The molecule has 2 aromatic heterocycles. The summed E-state index contributed by atoms with van der Waals surface area (Å²) in [5.74, 6) is 7.00. The highest BCUT2D eigenvalue weighted by Crippen LogP contribution is 2.51. The maximum absolute atomic E-state index is 7.00. The fourth-order valence-corrected chi connectivity index (χ4v) is 10.7. The standard InChI is InChI=1S/C43H20B2N2O4/c1-19-42-26(44-24-10-2-6-20-22-8-4-12-30-38(22)46(36(20)24)40-32(48-30)16-14-28(50-42)34(40)44)18-27-43(19)51-29-15-17-33-41-35(29)45(27)25-11-3-7-21-23-9-5-13-31(49-33)39(23)47(41)37(21)25/h2-18H,1H3. The van der Waals surface area contributed by atoms with E-state index in [4.69, 9.17) is 18.9 Å². The Morgan fingerprint density at radius 1 is 0.412 bits per heavy atom. The van der Waals surface area contributed by atoms with Crippen LogP contribution in [0.3, 0.4) is 0 Å². The lowest BCUT2D eigenvalue weighted by atomic mass is 9.31. The third kappa shape index (κ3) is 2.43. The number of hydrogen-bond donors (Lipinski definition) is 0. The van der Waals surface area contributed by atoms with Crippen molar-refractivity contribution in [1.29, 1.82) is 0 Å². The number of nitrogens with zero attached hydrogens (tertiary/aromatic N) is 2. The third-order valence-electron chi connectivity index (χ3n) is 12.5. The molecule has 6 nitrogen and oxygen atoms in total. The van der Waals surface area contributed by atoms with Gasteiger partial charge in [-0.3, -0.25) is 0 Å². The summed E-state index contributed by atoms with van der Waals surface area (Å²) in [5, 5.41) is 4.91. The van der Waals surface area contributed by atoms with Crippen LogP contribution in [0.1, 0.15) is 5.56 Å². The van der Waals surface area contributed by atoms with E-state index in [1.165, 1.54) is 43.5 Å². The Balaban J connectivity index is 1.08. The Labute approximate surface area is 290 Å². The summed E-state index contributed by atoms with van der Waals surface area (Å²) >= 11 is 0. The van der Waals surface area contributed by atoms with Crippen LogP contribution in [0.15, 0.2) is 103 Å². The van der Waals surface area contributed by atoms with Crippen LogP contribution in [0.4, 0.5) is 0 Å². The van der Waals surface area contributed by atoms with E-state index >= 15 is 0 Å². The normalized spacial score (nSPS) is 14.9. The molecule has 0 atom stereocenters. The number of hydrogen-bond acceptors (Lipinski definition) is 4. The lowest BCUT2D eigenvalue weighted by molar-refractivity contribution is 0.451. The number of para-hydroxylation sites is 4. The van der Waals surface area contributed by atoms with E-state index in [0.717, 1.165) is 95.8 Å². The van der Waals surface area contributed by atoms with Crippen molar-refractivity contribution in [2.75, 3.05) is 0 Å². The number of rotatable bonds is 0. The van der Waals surface area contributed by atoms with Gasteiger partial charge in [0.2, 0.25) is 0 Å². The highest BCUT2D eigenvalue weighted by Gasteiger charge is 2.48. The molecule has 0 unspecified atom stereocenters. The molecule has 0 fully saturated rings. The zero-order valence-corrected chi connectivity index (χ0v) is 27.0. The van der Waals surface area contributed by atoms with Gasteiger partial charge in [-0.05, 0) is 65.2 Å². The van der Waals surface area contributed by atoms with Gasteiger partial charge in [0.05, 0.1) is 22.4 Å². The van der Waals surface area contributed by atoms with Gasteiger partial charge in [0.25, 0.3) is 13.4 Å². The maximum Gasteiger partial charge on any atom is 0.256 e. The first-order chi connectivity index (χ1) is 25.2. The van der Waals surface area contributed by atoms with Crippen molar-refractivity contribution in [3.63, 3.8) is 0 Å². The van der Waals surface area contributed by atoms with Crippen LogP contribution < -0.4 is 51.7 Å². The summed E-state index contributed by atoms with van der Waals surface area (Å²) in [5.41, 5.74) is 15.2. The van der Waals surface area contributed by atoms with Crippen LogP contribution >= 0.6 is 0 Å². The topological polar surface area (TPSA) is 46.8 Å². The molecule has 0 radical (unpaired) electrons. The SMILES string of the molecule is Cc1c2c(cc3c1Oc1ccc4c5c1B3c1cccc3c6cccc(c6n-5c13)O4)B1c3c(ccc4c3-n3c5c(cccc5c5cccc1c53)O4)O2. The molecule has 6 aliphatic heterocycles. The van der Waals surface area contributed by atoms with Gasteiger partial charge in [-0.2, -0.15) is 0 Å². The van der Waals surface area contributed by atoms with Crippen molar-refractivity contribution >= 4 is 89.8 Å². The molecule has 8 heteroatoms. The Morgan fingerprint density at radius 3 is 1.33 bits per heavy atom.